The molecule has 0 N–H and O–H groups in total. The van der Waals surface area contributed by atoms with Crippen LogP contribution in [0.2, 0.25) is 0 Å². The van der Waals surface area contributed by atoms with Crippen molar-refractivity contribution in [1.82, 2.24) is 14.1 Å². The summed E-state index contributed by atoms with van der Waals surface area (Å²) in [5, 5.41) is 2.45. The van der Waals surface area contributed by atoms with Crippen LogP contribution < -0.4 is 24.2 Å². The standard InChI is InChI=1S/C48H32BN5O2/c1-2-15-34(16-3-1)49-54(48-27-12-13-30-50-48)46-32-37(28-29-47(46)56-49)55-36-18-14-17-35(31-36)51-33-52(43-24-9-8-23-42(43)51)44-25-10-11-26-45(44)53-40-21-6-4-19-38(40)39-20-5-7-22-41(39)53/h1-32H. The van der Waals surface area contributed by atoms with Crippen LogP contribution in [0, 0.1) is 6.33 Å². The van der Waals surface area contributed by atoms with E-state index >= 15 is 0 Å². The summed E-state index contributed by atoms with van der Waals surface area (Å²) < 4.78 is 19.8. The zero-order valence-electron chi connectivity index (χ0n) is 30.1. The number of pyridine rings is 1. The molecule has 56 heavy (non-hydrogen) atoms. The van der Waals surface area contributed by atoms with Gasteiger partial charge in [-0.3, -0.25) is 9.13 Å². The Morgan fingerprint density at radius 2 is 1.27 bits per heavy atom. The van der Waals surface area contributed by atoms with E-state index in [0.717, 1.165) is 61.8 Å². The molecule has 264 valence electrons. The molecular weight excluding hydrogens is 689 g/mol. The van der Waals surface area contributed by atoms with Crippen LogP contribution in [0.15, 0.2) is 194 Å². The molecule has 3 aromatic heterocycles. The highest BCUT2D eigenvalue weighted by Crippen LogP contribution is 2.43. The van der Waals surface area contributed by atoms with Crippen LogP contribution in [0.5, 0.6) is 17.2 Å². The predicted molar refractivity (Wildman–Crippen MR) is 223 cm³/mol. The van der Waals surface area contributed by atoms with E-state index in [0.29, 0.717) is 11.5 Å². The highest BCUT2D eigenvalue weighted by atomic mass is 16.5. The Bertz CT molecular complexity index is 3020. The zero-order valence-corrected chi connectivity index (χ0v) is 30.1. The Hall–Kier alpha value is -7.58. The summed E-state index contributed by atoms with van der Waals surface area (Å²) in [6.07, 6.45) is 5.53. The monoisotopic (exact) mass is 721 g/mol. The van der Waals surface area contributed by atoms with Crippen molar-refractivity contribution in [2.45, 2.75) is 0 Å². The second kappa shape index (κ2) is 13.1. The average Bonchev–Trinajstić information content (AvgIpc) is 3.95. The summed E-state index contributed by atoms with van der Waals surface area (Å²) in [5.41, 5.74) is 9.32. The molecular formula is C48H32BN5O2. The summed E-state index contributed by atoms with van der Waals surface area (Å²) in [7, 11) is -0.357. The maximum Gasteiger partial charge on any atom is 0.525 e. The van der Waals surface area contributed by atoms with Crippen molar-refractivity contribution in [2.24, 2.45) is 0 Å². The number of benzene rings is 7. The number of fused-ring (bicyclic) bond motifs is 5. The van der Waals surface area contributed by atoms with Gasteiger partial charge in [0.15, 0.2) is 0 Å². The lowest BCUT2D eigenvalue weighted by molar-refractivity contribution is -0.572. The van der Waals surface area contributed by atoms with E-state index in [9.17, 15) is 0 Å². The molecule has 0 saturated carbocycles. The Kier molecular flexibility index (Phi) is 7.45. The number of hydrogen-bond acceptors (Lipinski definition) is 4. The molecule has 0 saturated heterocycles. The molecule has 1 aliphatic heterocycles. The van der Waals surface area contributed by atoms with Gasteiger partial charge in [0.1, 0.15) is 23.1 Å². The fourth-order valence-electron chi connectivity index (χ4n) is 8.00. The van der Waals surface area contributed by atoms with Crippen molar-refractivity contribution < 1.29 is 14.0 Å². The first-order chi connectivity index (χ1) is 27.8. The predicted octanol–water partition coefficient (Wildman–Crippen LogP) is 9.92. The Labute approximate surface area is 323 Å². The number of hydrogen-bond donors (Lipinski definition) is 0. The minimum absolute atomic E-state index is 0.357. The number of para-hydroxylation sites is 6. The molecule has 0 amide bonds. The fourth-order valence-corrected chi connectivity index (χ4v) is 8.00. The van der Waals surface area contributed by atoms with E-state index in [1.165, 1.54) is 10.8 Å². The van der Waals surface area contributed by atoms with Crippen LogP contribution in [0.3, 0.4) is 0 Å². The van der Waals surface area contributed by atoms with E-state index in [-0.39, 0.29) is 7.05 Å². The summed E-state index contributed by atoms with van der Waals surface area (Å²) >= 11 is 0. The third kappa shape index (κ3) is 5.22. The highest BCUT2D eigenvalue weighted by Gasteiger charge is 2.40. The Morgan fingerprint density at radius 3 is 2.07 bits per heavy atom. The quantitative estimate of drug-likeness (QED) is 0.0935. The third-order valence-corrected chi connectivity index (χ3v) is 10.5. The molecule has 0 aliphatic carbocycles. The zero-order chi connectivity index (χ0) is 37.0. The number of rotatable bonds is 7. The number of imidazole rings is 1. The van der Waals surface area contributed by atoms with Crippen LogP contribution in [-0.2, 0) is 0 Å². The molecule has 8 heteroatoms. The number of ether oxygens (including phenoxy) is 1. The molecule has 0 atom stereocenters. The molecule has 0 bridgehead atoms. The molecule has 7 nitrogen and oxygen atoms in total. The van der Waals surface area contributed by atoms with E-state index in [2.05, 4.69) is 151 Å². The molecule has 4 heterocycles. The van der Waals surface area contributed by atoms with Crippen molar-refractivity contribution in [3.8, 4) is 34.3 Å². The molecule has 11 rings (SSSR count). The van der Waals surface area contributed by atoms with E-state index in [1.54, 1.807) is 6.20 Å². The lowest BCUT2D eigenvalue weighted by Crippen LogP contribution is -2.47. The van der Waals surface area contributed by atoms with Gasteiger partial charge in [-0.2, -0.15) is 0 Å². The first kappa shape index (κ1) is 31.9. The minimum Gasteiger partial charge on any atom is -0.536 e. The molecule has 0 radical (unpaired) electrons. The third-order valence-electron chi connectivity index (χ3n) is 10.5. The smallest absolute Gasteiger partial charge is 0.525 e. The lowest BCUT2D eigenvalue weighted by Gasteiger charge is -2.21. The van der Waals surface area contributed by atoms with Gasteiger partial charge in [-0.1, -0.05) is 115 Å². The second-order valence-corrected chi connectivity index (χ2v) is 13.8. The average molecular weight is 722 g/mol. The normalized spacial score (nSPS) is 12.4. The highest BCUT2D eigenvalue weighted by molar-refractivity contribution is 6.74. The van der Waals surface area contributed by atoms with Gasteiger partial charge in [-0.15, -0.1) is 0 Å². The Balaban J connectivity index is 0.980. The van der Waals surface area contributed by atoms with Gasteiger partial charge < -0.3 is 18.8 Å². The van der Waals surface area contributed by atoms with Gasteiger partial charge in [-0.25, -0.2) is 4.98 Å². The van der Waals surface area contributed by atoms with Gasteiger partial charge in [0.05, 0.1) is 44.8 Å². The van der Waals surface area contributed by atoms with Crippen LogP contribution in [0.1, 0.15) is 0 Å². The molecule has 1 aliphatic rings. The van der Waals surface area contributed by atoms with Crippen molar-refractivity contribution in [2.75, 3.05) is 4.81 Å². The fraction of sp³-hybridized carbons (Fsp3) is 0. The summed E-state index contributed by atoms with van der Waals surface area (Å²) in [5.74, 6) is 2.96. The minimum atomic E-state index is -0.357. The summed E-state index contributed by atoms with van der Waals surface area (Å²) in [6.45, 7) is 0. The van der Waals surface area contributed by atoms with Crippen LogP contribution in [-0.4, -0.2) is 21.2 Å². The van der Waals surface area contributed by atoms with Crippen molar-refractivity contribution in [1.29, 1.82) is 0 Å². The number of nitrogens with zero attached hydrogens (tertiary/aromatic N) is 5. The molecule has 10 aromatic rings. The number of aromatic nitrogens is 4. The SMILES string of the molecule is [c-]1n(-c2cccc(Oc3ccc4c(c3)N(c3ccccn3)B(c3ccccc3)O4)c2)c2ccccc2[n+]1-c1ccccc1-n1c2ccccc2c2ccccc21. The van der Waals surface area contributed by atoms with Crippen molar-refractivity contribution in [3.63, 3.8) is 0 Å². The van der Waals surface area contributed by atoms with Crippen molar-refractivity contribution >= 4 is 56.9 Å². The van der Waals surface area contributed by atoms with Crippen LogP contribution in [0.25, 0.3) is 49.9 Å². The van der Waals surface area contributed by atoms with E-state index in [4.69, 9.17) is 9.39 Å². The maximum atomic E-state index is 6.60. The largest absolute Gasteiger partial charge is 0.536 e. The molecule has 0 unspecified atom stereocenters. The molecule has 0 fully saturated rings. The second-order valence-electron chi connectivity index (χ2n) is 13.8. The van der Waals surface area contributed by atoms with E-state index in [1.807, 2.05) is 66.7 Å². The van der Waals surface area contributed by atoms with Gasteiger partial charge >= 0.3 is 7.05 Å². The van der Waals surface area contributed by atoms with Gasteiger partial charge in [0.25, 0.3) is 6.33 Å². The molecule has 7 aromatic carbocycles. The van der Waals surface area contributed by atoms with Crippen LogP contribution >= 0.6 is 0 Å². The lowest BCUT2D eigenvalue weighted by atomic mass is 9.72. The van der Waals surface area contributed by atoms with Gasteiger partial charge in [0, 0.05) is 23.0 Å². The van der Waals surface area contributed by atoms with Gasteiger partial charge in [-0.05, 0) is 72.2 Å². The summed E-state index contributed by atoms with van der Waals surface area (Å²) in [4.78, 5) is 6.80. The molecule has 0 spiro atoms. The first-order valence-corrected chi connectivity index (χ1v) is 18.7. The number of anilines is 2. The van der Waals surface area contributed by atoms with E-state index < -0.39 is 0 Å². The van der Waals surface area contributed by atoms with Crippen LogP contribution in [0.4, 0.5) is 11.5 Å². The summed E-state index contributed by atoms with van der Waals surface area (Å²) in [6, 6.07) is 64.4. The topological polar surface area (TPSA) is 48.3 Å². The first-order valence-electron chi connectivity index (χ1n) is 18.7. The Morgan fingerprint density at radius 1 is 0.571 bits per heavy atom. The van der Waals surface area contributed by atoms with Gasteiger partial charge in [0.2, 0.25) is 0 Å². The van der Waals surface area contributed by atoms with Crippen molar-refractivity contribution in [3.05, 3.63) is 201 Å². The maximum absolute atomic E-state index is 6.60.